The number of nitrogens with one attached hydrogen (secondary N) is 1. The normalized spacial score (nSPS) is 22.7. The molecule has 3 heterocycles. The number of thiazole rings is 1. The van der Waals surface area contributed by atoms with E-state index < -0.39 is 0 Å². The van der Waals surface area contributed by atoms with Crippen LogP contribution < -0.4 is 10.2 Å². The average molecular weight is 323 g/mol. The van der Waals surface area contributed by atoms with Gasteiger partial charge in [-0.3, -0.25) is 9.59 Å². The van der Waals surface area contributed by atoms with Gasteiger partial charge < -0.3 is 15.0 Å². The third kappa shape index (κ3) is 3.64. The van der Waals surface area contributed by atoms with Gasteiger partial charge in [0.05, 0.1) is 6.10 Å². The van der Waals surface area contributed by atoms with Crippen molar-refractivity contribution in [1.29, 1.82) is 0 Å². The number of nitrogens with zero attached hydrogens (tertiary/aromatic N) is 2. The summed E-state index contributed by atoms with van der Waals surface area (Å²) < 4.78 is 5.52. The van der Waals surface area contributed by atoms with Gasteiger partial charge in [0.2, 0.25) is 5.91 Å². The van der Waals surface area contributed by atoms with Crippen LogP contribution in [-0.4, -0.2) is 49.5 Å². The van der Waals surface area contributed by atoms with E-state index in [1.165, 1.54) is 11.3 Å². The van der Waals surface area contributed by atoms with E-state index in [0.29, 0.717) is 12.2 Å². The fourth-order valence-electron chi connectivity index (χ4n) is 2.97. The van der Waals surface area contributed by atoms with Gasteiger partial charge in [0.25, 0.3) is 0 Å². The van der Waals surface area contributed by atoms with Crippen LogP contribution in [0.25, 0.3) is 0 Å². The van der Waals surface area contributed by atoms with Crippen LogP contribution in [-0.2, 0) is 9.53 Å². The van der Waals surface area contributed by atoms with Crippen molar-refractivity contribution in [2.45, 2.75) is 31.8 Å². The van der Waals surface area contributed by atoms with Gasteiger partial charge in [-0.25, -0.2) is 4.98 Å². The molecule has 1 amide bonds. The second-order valence-corrected chi connectivity index (χ2v) is 6.65. The van der Waals surface area contributed by atoms with E-state index >= 15 is 0 Å². The summed E-state index contributed by atoms with van der Waals surface area (Å²) in [5.74, 6) is 0.214. The Balaban J connectivity index is 1.44. The zero-order chi connectivity index (χ0) is 15.4. The number of rotatable bonds is 5. The summed E-state index contributed by atoms with van der Waals surface area (Å²) in [4.78, 5) is 29.3. The second-order valence-electron chi connectivity index (χ2n) is 5.81. The van der Waals surface area contributed by atoms with Gasteiger partial charge in [-0.2, -0.15) is 0 Å². The number of carbonyl (C=O) groups excluding carboxylic acids is 2. The van der Waals surface area contributed by atoms with Gasteiger partial charge in [-0.05, 0) is 25.7 Å². The van der Waals surface area contributed by atoms with Crippen molar-refractivity contribution >= 4 is 28.7 Å². The number of aromatic nitrogens is 1. The molecule has 1 aromatic rings. The molecule has 0 aliphatic carbocycles. The third-order valence-electron chi connectivity index (χ3n) is 4.29. The molecular weight excluding hydrogens is 302 g/mol. The minimum absolute atomic E-state index is 0.0724. The molecule has 120 valence electrons. The maximum atomic E-state index is 12.2. The van der Waals surface area contributed by atoms with E-state index in [4.69, 9.17) is 4.74 Å². The van der Waals surface area contributed by atoms with E-state index in [9.17, 15) is 9.59 Å². The van der Waals surface area contributed by atoms with Gasteiger partial charge in [0.1, 0.15) is 5.69 Å². The molecule has 0 bridgehead atoms. The molecule has 2 saturated heterocycles. The fraction of sp³-hybridized carbons (Fsp3) is 0.667. The molecule has 22 heavy (non-hydrogen) atoms. The monoisotopic (exact) mass is 323 g/mol. The van der Waals surface area contributed by atoms with Crippen molar-refractivity contribution in [3.8, 4) is 0 Å². The van der Waals surface area contributed by atoms with Gasteiger partial charge in [0.15, 0.2) is 11.4 Å². The molecule has 2 aliphatic heterocycles. The molecule has 6 nitrogen and oxygen atoms in total. The van der Waals surface area contributed by atoms with Crippen molar-refractivity contribution in [3.63, 3.8) is 0 Å². The van der Waals surface area contributed by atoms with Crippen molar-refractivity contribution in [3.05, 3.63) is 11.1 Å². The molecule has 2 aliphatic rings. The number of piperidine rings is 1. The molecular formula is C15H21N3O3S. The van der Waals surface area contributed by atoms with Crippen LogP contribution in [0.5, 0.6) is 0 Å². The van der Waals surface area contributed by atoms with Crippen LogP contribution in [0.1, 0.15) is 36.2 Å². The Hall–Kier alpha value is -1.47. The lowest BCUT2D eigenvalue weighted by Crippen LogP contribution is -2.42. The van der Waals surface area contributed by atoms with E-state index in [1.54, 1.807) is 5.38 Å². The summed E-state index contributed by atoms with van der Waals surface area (Å²) >= 11 is 1.48. The van der Waals surface area contributed by atoms with Gasteiger partial charge >= 0.3 is 0 Å². The number of ether oxygens (including phenoxy) is 1. The van der Waals surface area contributed by atoms with E-state index in [0.717, 1.165) is 56.8 Å². The first-order valence-electron chi connectivity index (χ1n) is 7.81. The molecule has 1 unspecified atom stereocenters. The molecule has 0 aromatic carbocycles. The number of amides is 1. The SMILES string of the molecule is O=Cc1csc(N2CCC(C(=O)NCC3CCCO3)CC2)n1. The Morgan fingerprint density at radius 2 is 2.27 bits per heavy atom. The Labute approximate surface area is 133 Å². The van der Waals surface area contributed by atoms with Crippen molar-refractivity contribution in [2.24, 2.45) is 5.92 Å². The number of hydrogen-bond acceptors (Lipinski definition) is 6. The van der Waals surface area contributed by atoms with Crippen molar-refractivity contribution in [1.82, 2.24) is 10.3 Å². The maximum Gasteiger partial charge on any atom is 0.223 e. The van der Waals surface area contributed by atoms with Crippen molar-refractivity contribution < 1.29 is 14.3 Å². The van der Waals surface area contributed by atoms with Crippen LogP contribution in [0.3, 0.4) is 0 Å². The van der Waals surface area contributed by atoms with Crippen LogP contribution in [0.15, 0.2) is 5.38 Å². The van der Waals surface area contributed by atoms with E-state index in [2.05, 4.69) is 15.2 Å². The molecule has 0 spiro atoms. The van der Waals surface area contributed by atoms with Gasteiger partial charge in [-0.1, -0.05) is 0 Å². The zero-order valence-electron chi connectivity index (χ0n) is 12.5. The second kappa shape index (κ2) is 7.19. The smallest absolute Gasteiger partial charge is 0.223 e. The molecule has 0 radical (unpaired) electrons. The number of carbonyl (C=O) groups is 2. The predicted molar refractivity (Wildman–Crippen MR) is 84.4 cm³/mol. The molecule has 1 N–H and O–H groups in total. The minimum Gasteiger partial charge on any atom is -0.376 e. The number of aldehydes is 1. The standard InChI is InChI=1S/C15H21N3O3S/c19-9-12-10-22-15(17-12)18-5-3-11(4-6-18)14(20)16-8-13-2-1-7-21-13/h9-11,13H,1-8H2,(H,16,20). The van der Waals surface area contributed by atoms with E-state index in [1.807, 2.05) is 0 Å². The van der Waals surface area contributed by atoms with E-state index in [-0.39, 0.29) is 17.9 Å². The Morgan fingerprint density at radius 3 is 2.91 bits per heavy atom. The quantitative estimate of drug-likeness (QED) is 0.831. The summed E-state index contributed by atoms with van der Waals surface area (Å²) in [6.07, 6.45) is 4.75. The first kappa shape index (κ1) is 15.4. The first-order valence-corrected chi connectivity index (χ1v) is 8.69. The zero-order valence-corrected chi connectivity index (χ0v) is 13.3. The van der Waals surface area contributed by atoms with Gasteiger partial charge in [-0.15, -0.1) is 11.3 Å². The lowest BCUT2D eigenvalue weighted by Gasteiger charge is -2.31. The van der Waals surface area contributed by atoms with Crippen LogP contribution >= 0.6 is 11.3 Å². The Kier molecular flexibility index (Phi) is 5.04. The largest absolute Gasteiger partial charge is 0.376 e. The number of anilines is 1. The minimum atomic E-state index is 0.0724. The maximum absolute atomic E-state index is 12.2. The molecule has 0 saturated carbocycles. The summed E-state index contributed by atoms with van der Waals surface area (Å²) in [6, 6.07) is 0. The number of hydrogen-bond donors (Lipinski definition) is 1. The highest BCUT2D eigenvalue weighted by Crippen LogP contribution is 2.26. The van der Waals surface area contributed by atoms with Crippen LogP contribution in [0, 0.1) is 5.92 Å². The van der Waals surface area contributed by atoms with Crippen molar-refractivity contribution in [2.75, 3.05) is 31.1 Å². The summed E-state index contributed by atoms with van der Waals surface area (Å²) in [5, 5.41) is 5.66. The molecule has 2 fully saturated rings. The summed E-state index contributed by atoms with van der Waals surface area (Å²) in [6.45, 7) is 3.07. The summed E-state index contributed by atoms with van der Waals surface area (Å²) in [7, 11) is 0. The van der Waals surface area contributed by atoms with Crippen LogP contribution in [0.4, 0.5) is 5.13 Å². The highest BCUT2D eigenvalue weighted by Gasteiger charge is 2.27. The lowest BCUT2D eigenvalue weighted by atomic mass is 9.96. The highest BCUT2D eigenvalue weighted by molar-refractivity contribution is 7.13. The highest BCUT2D eigenvalue weighted by atomic mass is 32.1. The van der Waals surface area contributed by atoms with Crippen LogP contribution in [0.2, 0.25) is 0 Å². The topological polar surface area (TPSA) is 71.5 Å². The lowest BCUT2D eigenvalue weighted by molar-refractivity contribution is -0.126. The fourth-order valence-corrected chi connectivity index (χ4v) is 3.80. The molecule has 1 aromatic heterocycles. The Bertz CT molecular complexity index is 520. The molecule has 1 atom stereocenters. The first-order chi connectivity index (χ1) is 10.8. The average Bonchev–Trinajstić information content (AvgIpc) is 3.24. The third-order valence-corrected chi connectivity index (χ3v) is 5.21. The van der Waals surface area contributed by atoms with Gasteiger partial charge in [0, 0.05) is 37.5 Å². The predicted octanol–water partition coefficient (Wildman–Crippen LogP) is 1.47. The molecule has 3 rings (SSSR count). The summed E-state index contributed by atoms with van der Waals surface area (Å²) in [5.41, 5.74) is 0.483. The Morgan fingerprint density at radius 1 is 1.45 bits per heavy atom. The molecule has 7 heteroatoms.